The van der Waals surface area contributed by atoms with Crippen LogP contribution in [-0.2, 0) is 17.8 Å². The third-order valence-corrected chi connectivity index (χ3v) is 3.93. The second kappa shape index (κ2) is 5.65. The molecule has 114 valence electrons. The van der Waals surface area contributed by atoms with Crippen LogP contribution in [0.15, 0.2) is 69.9 Å². The lowest BCUT2D eigenvalue weighted by Gasteiger charge is -2.04. The Hall–Kier alpha value is -3.01. The Kier molecular flexibility index (Phi) is 3.35. The van der Waals surface area contributed by atoms with Crippen LogP contribution in [0.2, 0.25) is 0 Å². The van der Waals surface area contributed by atoms with Gasteiger partial charge in [0.05, 0.1) is 25.5 Å². The lowest BCUT2D eigenvalue weighted by molar-refractivity contribution is -0.120. The number of nitrogens with one attached hydrogen (secondary N) is 1. The molecule has 0 aliphatic rings. The standard InChI is InChI=1S/C19H15NO3/c21-18(20-11-15-5-3-9-22-15)10-14-12-23-17-8-7-13-4-1-2-6-16(13)19(14)17/h1-9,12H,10-11H2,(H,20,21). The Morgan fingerprint density at radius 1 is 1.00 bits per heavy atom. The van der Waals surface area contributed by atoms with Gasteiger partial charge in [-0.05, 0) is 29.0 Å². The second-order valence-electron chi connectivity index (χ2n) is 5.45. The minimum Gasteiger partial charge on any atom is -0.467 e. The summed E-state index contributed by atoms with van der Waals surface area (Å²) in [5.41, 5.74) is 1.70. The van der Waals surface area contributed by atoms with E-state index in [1.165, 1.54) is 0 Å². The van der Waals surface area contributed by atoms with Gasteiger partial charge in [0.25, 0.3) is 0 Å². The summed E-state index contributed by atoms with van der Waals surface area (Å²) >= 11 is 0. The van der Waals surface area contributed by atoms with Crippen molar-refractivity contribution in [2.45, 2.75) is 13.0 Å². The highest BCUT2D eigenvalue weighted by Gasteiger charge is 2.13. The van der Waals surface area contributed by atoms with Crippen LogP contribution in [0.5, 0.6) is 0 Å². The predicted octanol–water partition coefficient (Wildman–Crippen LogP) is 4.04. The fraction of sp³-hybridized carbons (Fsp3) is 0.105. The molecule has 0 aliphatic heterocycles. The first kappa shape index (κ1) is 13.6. The van der Waals surface area contributed by atoms with E-state index in [4.69, 9.17) is 8.83 Å². The fourth-order valence-corrected chi connectivity index (χ4v) is 2.84. The van der Waals surface area contributed by atoms with Gasteiger partial charge >= 0.3 is 0 Å². The Bertz CT molecular complexity index is 967. The smallest absolute Gasteiger partial charge is 0.224 e. The van der Waals surface area contributed by atoms with Gasteiger partial charge in [0.2, 0.25) is 5.91 Å². The van der Waals surface area contributed by atoms with Crippen molar-refractivity contribution in [3.05, 3.63) is 72.4 Å². The third-order valence-electron chi connectivity index (χ3n) is 3.93. The number of fused-ring (bicyclic) bond motifs is 3. The van der Waals surface area contributed by atoms with E-state index in [9.17, 15) is 4.79 Å². The molecule has 1 N–H and O–H groups in total. The van der Waals surface area contributed by atoms with Crippen molar-refractivity contribution < 1.29 is 13.6 Å². The highest BCUT2D eigenvalue weighted by molar-refractivity contribution is 6.08. The van der Waals surface area contributed by atoms with Crippen molar-refractivity contribution in [2.75, 3.05) is 0 Å². The number of hydrogen-bond donors (Lipinski definition) is 1. The van der Waals surface area contributed by atoms with Crippen LogP contribution in [0.25, 0.3) is 21.7 Å². The van der Waals surface area contributed by atoms with Crippen LogP contribution in [0, 0.1) is 0 Å². The SMILES string of the molecule is O=C(Cc1coc2ccc3ccccc3c12)NCc1ccco1. The number of hydrogen-bond acceptors (Lipinski definition) is 3. The van der Waals surface area contributed by atoms with Gasteiger partial charge in [0.15, 0.2) is 0 Å². The lowest BCUT2D eigenvalue weighted by Crippen LogP contribution is -2.24. The number of carbonyl (C=O) groups is 1. The van der Waals surface area contributed by atoms with E-state index in [2.05, 4.69) is 17.4 Å². The minimum absolute atomic E-state index is 0.0583. The topological polar surface area (TPSA) is 55.4 Å². The monoisotopic (exact) mass is 305 g/mol. The molecule has 0 bridgehead atoms. The van der Waals surface area contributed by atoms with Crippen LogP contribution in [0.3, 0.4) is 0 Å². The second-order valence-corrected chi connectivity index (χ2v) is 5.45. The number of rotatable bonds is 4. The van der Waals surface area contributed by atoms with Crippen molar-refractivity contribution in [3.8, 4) is 0 Å². The minimum atomic E-state index is -0.0583. The zero-order chi connectivity index (χ0) is 15.6. The molecule has 4 heteroatoms. The van der Waals surface area contributed by atoms with Gasteiger partial charge in [0, 0.05) is 10.9 Å². The number of benzene rings is 2. The van der Waals surface area contributed by atoms with Crippen LogP contribution < -0.4 is 5.32 Å². The predicted molar refractivity (Wildman–Crippen MR) is 88.0 cm³/mol. The van der Waals surface area contributed by atoms with Crippen LogP contribution in [0.1, 0.15) is 11.3 Å². The normalized spacial score (nSPS) is 11.1. The summed E-state index contributed by atoms with van der Waals surface area (Å²) in [7, 11) is 0. The maximum atomic E-state index is 12.2. The van der Waals surface area contributed by atoms with Gasteiger partial charge < -0.3 is 14.2 Å². The zero-order valence-electron chi connectivity index (χ0n) is 12.4. The van der Waals surface area contributed by atoms with E-state index in [0.717, 1.165) is 33.1 Å². The van der Waals surface area contributed by atoms with Crippen molar-refractivity contribution in [3.63, 3.8) is 0 Å². The van der Waals surface area contributed by atoms with Gasteiger partial charge in [-0.15, -0.1) is 0 Å². The summed E-state index contributed by atoms with van der Waals surface area (Å²) in [4.78, 5) is 12.2. The lowest BCUT2D eigenvalue weighted by atomic mass is 10.0. The van der Waals surface area contributed by atoms with Crippen molar-refractivity contribution >= 4 is 27.6 Å². The molecule has 4 nitrogen and oxygen atoms in total. The van der Waals surface area contributed by atoms with Gasteiger partial charge in [-0.25, -0.2) is 0 Å². The number of furan rings is 2. The summed E-state index contributed by atoms with van der Waals surface area (Å²) < 4.78 is 10.8. The molecule has 0 fully saturated rings. The molecule has 1 amide bonds. The average molecular weight is 305 g/mol. The molecule has 0 saturated carbocycles. The molecular weight excluding hydrogens is 290 g/mol. The van der Waals surface area contributed by atoms with E-state index < -0.39 is 0 Å². The van der Waals surface area contributed by atoms with E-state index in [1.807, 2.05) is 30.3 Å². The zero-order valence-corrected chi connectivity index (χ0v) is 12.4. The van der Waals surface area contributed by atoms with Crippen molar-refractivity contribution in [2.24, 2.45) is 0 Å². The maximum absolute atomic E-state index is 12.2. The van der Waals surface area contributed by atoms with E-state index >= 15 is 0 Å². The third kappa shape index (κ3) is 2.59. The van der Waals surface area contributed by atoms with Crippen molar-refractivity contribution in [1.82, 2.24) is 5.32 Å². The van der Waals surface area contributed by atoms with Gasteiger partial charge in [0.1, 0.15) is 11.3 Å². The molecule has 0 saturated heterocycles. The summed E-state index contributed by atoms with van der Waals surface area (Å²) in [6.45, 7) is 0.391. The fourth-order valence-electron chi connectivity index (χ4n) is 2.84. The van der Waals surface area contributed by atoms with Crippen molar-refractivity contribution in [1.29, 1.82) is 0 Å². The first-order valence-corrected chi connectivity index (χ1v) is 7.48. The highest BCUT2D eigenvalue weighted by Crippen LogP contribution is 2.30. The Morgan fingerprint density at radius 2 is 1.91 bits per heavy atom. The van der Waals surface area contributed by atoms with E-state index in [-0.39, 0.29) is 12.3 Å². The summed E-state index contributed by atoms with van der Waals surface area (Å²) in [5, 5.41) is 6.11. The molecule has 0 radical (unpaired) electrons. The van der Waals surface area contributed by atoms with Gasteiger partial charge in [-0.2, -0.15) is 0 Å². The molecule has 2 heterocycles. The van der Waals surface area contributed by atoms with Gasteiger partial charge in [-0.1, -0.05) is 30.3 Å². The van der Waals surface area contributed by atoms with Crippen LogP contribution in [0.4, 0.5) is 0 Å². The Morgan fingerprint density at radius 3 is 2.78 bits per heavy atom. The maximum Gasteiger partial charge on any atom is 0.224 e. The number of carbonyl (C=O) groups excluding carboxylic acids is 1. The first-order valence-electron chi connectivity index (χ1n) is 7.48. The number of amides is 1. The molecule has 0 aliphatic carbocycles. The van der Waals surface area contributed by atoms with Crippen LogP contribution in [-0.4, -0.2) is 5.91 Å². The molecular formula is C19H15NO3. The first-order chi connectivity index (χ1) is 11.3. The Labute approximate surface area is 132 Å². The van der Waals surface area contributed by atoms with Gasteiger partial charge in [-0.3, -0.25) is 4.79 Å². The summed E-state index contributed by atoms with van der Waals surface area (Å²) in [6.07, 6.45) is 3.54. The summed E-state index contributed by atoms with van der Waals surface area (Å²) in [5.74, 6) is 0.679. The molecule has 2 aromatic carbocycles. The highest BCUT2D eigenvalue weighted by atomic mass is 16.3. The largest absolute Gasteiger partial charge is 0.467 e. The molecule has 4 rings (SSSR count). The summed E-state index contributed by atoms with van der Waals surface area (Å²) in [6, 6.07) is 15.7. The quantitative estimate of drug-likeness (QED) is 0.619. The molecule has 23 heavy (non-hydrogen) atoms. The molecule has 0 spiro atoms. The molecule has 0 atom stereocenters. The molecule has 0 unspecified atom stereocenters. The Balaban J connectivity index is 1.61. The van der Waals surface area contributed by atoms with Crippen LogP contribution >= 0.6 is 0 Å². The van der Waals surface area contributed by atoms with E-state index in [0.29, 0.717) is 6.54 Å². The van der Waals surface area contributed by atoms with E-state index in [1.54, 1.807) is 18.6 Å². The average Bonchev–Trinajstić information content (AvgIpc) is 3.23. The molecule has 4 aromatic rings. The molecule has 2 aromatic heterocycles.